The minimum Gasteiger partial charge on any atom is -0.334 e. The minimum absolute atomic E-state index is 0.667. The summed E-state index contributed by atoms with van der Waals surface area (Å²) in [6.45, 7) is 3.50. The van der Waals surface area contributed by atoms with Gasteiger partial charge in [0.25, 0.3) is 0 Å². The molecule has 88 valence electrons. The van der Waals surface area contributed by atoms with Crippen LogP contribution in [0.4, 0.5) is 0 Å². The number of aromatic nitrogens is 2. The molecule has 3 heterocycles. The zero-order valence-electron chi connectivity index (χ0n) is 9.98. The van der Waals surface area contributed by atoms with Crippen molar-refractivity contribution >= 4 is 11.8 Å². The van der Waals surface area contributed by atoms with Crippen molar-refractivity contribution in [1.82, 2.24) is 9.55 Å². The molecule has 0 aromatic carbocycles. The number of imidazole rings is 1. The molecular formula is C13H20N2S. The minimum atomic E-state index is 0.667. The Kier molecular flexibility index (Phi) is 2.97. The van der Waals surface area contributed by atoms with E-state index in [0.29, 0.717) is 5.92 Å². The van der Waals surface area contributed by atoms with Crippen LogP contribution in [0.3, 0.4) is 0 Å². The molecule has 0 spiro atoms. The van der Waals surface area contributed by atoms with Crippen LogP contribution < -0.4 is 0 Å². The van der Waals surface area contributed by atoms with Gasteiger partial charge in [-0.2, -0.15) is 11.8 Å². The number of rotatable bonds is 2. The van der Waals surface area contributed by atoms with Crippen molar-refractivity contribution in [3.63, 3.8) is 0 Å². The smallest absolute Gasteiger partial charge is 0.111 e. The first kappa shape index (κ1) is 10.7. The fourth-order valence-electron chi connectivity index (χ4n) is 2.89. The molecule has 2 unspecified atom stereocenters. The second kappa shape index (κ2) is 4.44. The van der Waals surface area contributed by atoms with Crippen LogP contribution in [0.5, 0.6) is 0 Å². The number of hydrogen-bond acceptors (Lipinski definition) is 2. The third-order valence-electron chi connectivity index (χ3n) is 3.86. The zero-order valence-corrected chi connectivity index (χ0v) is 10.8. The first-order valence-corrected chi connectivity index (χ1v) is 7.62. The molecular weight excluding hydrogens is 216 g/mol. The van der Waals surface area contributed by atoms with Gasteiger partial charge in [-0.05, 0) is 43.1 Å². The number of fused-ring (bicyclic) bond motifs is 1. The number of hydrogen-bond donors (Lipinski definition) is 0. The van der Waals surface area contributed by atoms with Gasteiger partial charge in [0.15, 0.2) is 0 Å². The lowest BCUT2D eigenvalue weighted by Crippen LogP contribution is -2.12. The van der Waals surface area contributed by atoms with E-state index in [1.807, 2.05) is 0 Å². The summed E-state index contributed by atoms with van der Waals surface area (Å²) < 4.78 is 2.39. The lowest BCUT2D eigenvalue weighted by Gasteiger charge is -2.19. The molecule has 1 saturated heterocycles. The molecule has 0 amide bonds. The summed E-state index contributed by atoms with van der Waals surface area (Å²) in [5, 5.41) is 0. The molecule has 2 aliphatic heterocycles. The van der Waals surface area contributed by atoms with Gasteiger partial charge in [0.05, 0.1) is 5.69 Å². The maximum atomic E-state index is 4.85. The summed E-state index contributed by atoms with van der Waals surface area (Å²) in [6.07, 6.45) is 7.55. The third-order valence-corrected chi connectivity index (χ3v) is 5.09. The van der Waals surface area contributed by atoms with Crippen LogP contribution in [0, 0.1) is 5.92 Å². The highest BCUT2D eigenvalue weighted by Crippen LogP contribution is 2.29. The SMILES string of the molecule is CC1CCCn2cc(CC3CCSC3)nc21. The lowest BCUT2D eigenvalue weighted by molar-refractivity contribution is 0.463. The second-order valence-electron chi connectivity index (χ2n) is 5.26. The van der Waals surface area contributed by atoms with E-state index in [2.05, 4.69) is 29.4 Å². The van der Waals surface area contributed by atoms with Crippen LogP contribution in [0.1, 0.15) is 43.6 Å². The van der Waals surface area contributed by atoms with E-state index < -0.39 is 0 Å². The summed E-state index contributed by atoms with van der Waals surface area (Å²) in [5.41, 5.74) is 1.34. The summed E-state index contributed by atoms with van der Waals surface area (Å²) in [6, 6.07) is 0. The maximum absolute atomic E-state index is 4.85. The predicted octanol–water partition coefficient (Wildman–Crippen LogP) is 3.08. The molecule has 0 bridgehead atoms. The summed E-state index contributed by atoms with van der Waals surface area (Å²) in [5.74, 6) is 5.59. The Bertz CT molecular complexity index is 366. The highest BCUT2D eigenvalue weighted by Gasteiger charge is 2.22. The Balaban J connectivity index is 1.75. The third kappa shape index (κ3) is 2.02. The van der Waals surface area contributed by atoms with Crippen molar-refractivity contribution < 1.29 is 0 Å². The van der Waals surface area contributed by atoms with E-state index in [9.17, 15) is 0 Å². The van der Waals surface area contributed by atoms with E-state index in [4.69, 9.17) is 4.98 Å². The number of nitrogens with zero attached hydrogens (tertiary/aromatic N) is 2. The average Bonchev–Trinajstić information content (AvgIpc) is 2.88. The highest BCUT2D eigenvalue weighted by molar-refractivity contribution is 7.99. The van der Waals surface area contributed by atoms with Crippen LogP contribution in [-0.4, -0.2) is 21.1 Å². The molecule has 3 rings (SSSR count). The van der Waals surface area contributed by atoms with E-state index in [-0.39, 0.29) is 0 Å². The molecule has 0 aliphatic carbocycles. The fourth-order valence-corrected chi connectivity index (χ4v) is 4.18. The monoisotopic (exact) mass is 236 g/mol. The van der Waals surface area contributed by atoms with Crippen molar-refractivity contribution in [3.8, 4) is 0 Å². The van der Waals surface area contributed by atoms with Crippen molar-refractivity contribution in [2.75, 3.05) is 11.5 Å². The van der Waals surface area contributed by atoms with Crippen LogP contribution in [0.15, 0.2) is 6.20 Å². The van der Waals surface area contributed by atoms with Gasteiger partial charge in [-0.25, -0.2) is 4.98 Å². The second-order valence-corrected chi connectivity index (χ2v) is 6.41. The molecule has 0 radical (unpaired) electrons. The first-order chi connectivity index (χ1) is 7.83. The molecule has 2 aliphatic rings. The van der Waals surface area contributed by atoms with Crippen LogP contribution in [0.25, 0.3) is 0 Å². The van der Waals surface area contributed by atoms with E-state index in [1.165, 1.54) is 55.3 Å². The topological polar surface area (TPSA) is 17.8 Å². The quantitative estimate of drug-likeness (QED) is 0.785. The molecule has 2 atom stereocenters. The molecule has 3 heteroatoms. The van der Waals surface area contributed by atoms with Crippen molar-refractivity contribution in [3.05, 3.63) is 17.7 Å². The van der Waals surface area contributed by atoms with Crippen LogP contribution >= 0.6 is 11.8 Å². The van der Waals surface area contributed by atoms with Gasteiger partial charge in [-0.15, -0.1) is 0 Å². The first-order valence-electron chi connectivity index (χ1n) is 6.46. The fraction of sp³-hybridized carbons (Fsp3) is 0.769. The Hall–Kier alpha value is -0.440. The lowest BCUT2D eigenvalue weighted by atomic mass is 10.0. The van der Waals surface area contributed by atoms with E-state index >= 15 is 0 Å². The van der Waals surface area contributed by atoms with Crippen molar-refractivity contribution in [2.45, 2.75) is 45.1 Å². The van der Waals surface area contributed by atoms with Gasteiger partial charge in [-0.3, -0.25) is 0 Å². The number of thioether (sulfide) groups is 1. The Morgan fingerprint density at radius 2 is 2.44 bits per heavy atom. The average molecular weight is 236 g/mol. The summed E-state index contributed by atoms with van der Waals surface area (Å²) in [7, 11) is 0. The van der Waals surface area contributed by atoms with Crippen LogP contribution in [0.2, 0.25) is 0 Å². The van der Waals surface area contributed by atoms with Gasteiger partial charge in [0.1, 0.15) is 5.82 Å². The molecule has 0 N–H and O–H groups in total. The Morgan fingerprint density at radius 1 is 1.50 bits per heavy atom. The maximum Gasteiger partial charge on any atom is 0.111 e. The zero-order chi connectivity index (χ0) is 11.0. The van der Waals surface area contributed by atoms with Crippen LogP contribution in [-0.2, 0) is 13.0 Å². The predicted molar refractivity (Wildman–Crippen MR) is 69.0 cm³/mol. The number of aryl methyl sites for hydroxylation is 1. The molecule has 1 aromatic heterocycles. The van der Waals surface area contributed by atoms with Gasteiger partial charge in [-0.1, -0.05) is 6.92 Å². The molecule has 1 aromatic rings. The van der Waals surface area contributed by atoms with Crippen molar-refractivity contribution in [1.29, 1.82) is 0 Å². The molecule has 0 saturated carbocycles. The van der Waals surface area contributed by atoms with Gasteiger partial charge >= 0.3 is 0 Å². The highest BCUT2D eigenvalue weighted by atomic mass is 32.2. The Labute approximate surface area is 102 Å². The van der Waals surface area contributed by atoms with Gasteiger partial charge in [0, 0.05) is 18.7 Å². The van der Waals surface area contributed by atoms with E-state index in [1.54, 1.807) is 0 Å². The summed E-state index contributed by atoms with van der Waals surface area (Å²) in [4.78, 5) is 4.85. The molecule has 2 nitrogen and oxygen atoms in total. The largest absolute Gasteiger partial charge is 0.334 e. The van der Waals surface area contributed by atoms with Crippen molar-refractivity contribution in [2.24, 2.45) is 5.92 Å². The normalized spacial score (nSPS) is 29.3. The molecule has 1 fully saturated rings. The van der Waals surface area contributed by atoms with E-state index in [0.717, 1.165) is 5.92 Å². The summed E-state index contributed by atoms with van der Waals surface area (Å²) >= 11 is 2.10. The van der Waals surface area contributed by atoms with Gasteiger partial charge in [0.2, 0.25) is 0 Å². The standard InChI is InChI=1S/C13H20N2S/c1-10-3-2-5-15-8-12(14-13(10)15)7-11-4-6-16-9-11/h8,10-11H,2-7,9H2,1H3. The Morgan fingerprint density at radius 3 is 3.19 bits per heavy atom. The van der Waals surface area contributed by atoms with Gasteiger partial charge < -0.3 is 4.57 Å². The molecule has 16 heavy (non-hydrogen) atoms.